The summed E-state index contributed by atoms with van der Waals surface area (Å²) < 4.78 is 1.98. The first-order valence-electron chi connectivity index (χ1n) is 8.10. The number of aromatic amines is 1. The van der Waals surface area contributed by atoms with Crippen LogP contribution in [0.4, 0.5) is 0 Å². The van der Waals surface area contributed by atoms with Crippen LogP contribution in [0.3, 0.4) is 0 Å². The number of aromatic nitrogens is 4. The summed E-state index contributed by atoms with van der Waals surface area (Å²) in [4.78, 5) is 15.8. The van der Waals surface area contributed by atoms with Gasteiger partial charge in [0.25, 0.3) is 5.91 Å². The first-order chi connectivity index (χ1) is 11.7. The van der Waals surface area contributed by atoms with E-state index in [-0.39, 0.29) is 11.9 Å². The highest BCUT2D eigenvalue weighted by Crippen LogP contribution is 2.25. The van der Waals surface area contributed by atoms with Gasteiger partial charge in [-0.1, -0.05) is 6.07 Å². The number of likely N-dealkylation sites (tertiary alicyclic amines) is 1. The maximum absolute atomic E-state index is 12.8. The first kappa shape index (κ1) is 15.1. The molecule has 7 heteroatoms. The minimum absolute atomic E-state index is 0.0114. The minimum atomic E-state index is -0.0114. The molecule has 3 aromatic rings. The summed E-state index contributed by atoms with van der Waals surface area (Å²) in [5.74, 6) is -0.0114. The third-order valence-corrected chi connectivity index (χ3v) is 5.28. The topological polar surface area (TPSA) is 66.8 Å². The molecule has 0 radical (unpaired) electrons. The molecule has 0 aliphatic carbocycles. The zero-order valence-electron chi connectivity index (χ0n) is 13.5. The van der Waals surface area contributed by atoms with E-state index in [0.29, 0.717) is 12.2 Å². The number of nitrogens with zero attached hydrogens (tertiary/aromatic N) is 4. The zero-order chi connectivity index (χ0) is 16.5. The Labute approximate surface area is 144 Å². The van der Waals surface area contributed by atoms with Crippen LogP contribution in [-0.4, -0.2) is 43.9 Å². The van der Waals surface area contributed by atoms with E-state index in [1.807, 2.05) is 52.5 Å². The molecule has 24 heavy (non-hydrogen) atoms. The van der Waals surface area contributed by atoms with Crippen LogP contribution in [0.1, 0.15) is 34.9 Å². The van der Waals surface area contributed by atoms with Gasteiger partial charge in [0.05, 0.1) is 22.8 Å². The molecule has 1 N–H and O–H groups in total. The molecule has 1 atom stereocenters. The number of hydrogen-bond acceptors (Lipinski definition) is 4. The smallest absolute Gasteiger partial charge is 0.274 e. The van der Waals surface area contributed by atoms with Crippen LogP contribution >= 0.6 is 11.3 Å². The van der Waals surface area contributed by atoms with Crippen molar-refractivity contribution in [1.82, 2.24) is 24.9 Å². The molecule has 124 valence electrons. The predicted molar refractivity (Wildman–Crippen MR) is 93.0 cm³/mol. The lowest BCUT2D eigenvalue weighted by molar-refractivity contribution is 0.0667. The van der Waals surface area contributed by atoms with Crippen molar-refractivity contribution in [2.45, 2.75) is 25.8 Å². The van der Waals surface area contributed by atoms with Crippen molar-refractivity contribution in [2.24, 2.45) is 0 Å². The van der Waals surface area contributed by atoms with Crippen LogP contribution < -0.4 is 0 Å². The predicted octanol–water partition coefficient (Wildman–Crippen LogP) is 3.12. The number of aryl methyl sites for hydroxylation is 1. The standard InChI is InChI=1S/C17H19N5OS/c1-12-9-18-22(10-12)13-4-2-6-21(11-13)17(23)15-8-14(19-20-15)16-5-3-7-24-16/h3,5,7-10,13H,2,4,6,11H2,1H3,(H,19,20)/t13-/m0/s1. The number of carbonyl (C=O) groups excluding carboxylic acids is 1. The van der Waals surface area contributed by atoms with E-state index in [1.54, 1.807) is 11.3 Å². The number of hydrogen-bond donors (Lipinski definition) is 1. The maximum atomic E-state index is 12.8. The van der Waals surface area contributed by atoms with E-state index in [0.717, 1.165) is 35.5 Å². The number of nitrogens with one attached hydrogen (secondary N) is 1. The molecule has 6 nitrogen and oxygen atoms in total. The zero-order valence-corrected chi connectivity index (χ0v) is 14.3. The summed E-state index contributed by atoms with van der Waals surface area (Å²) >= 11 is 1.63. The molecular weight excluding hydrogens is 322 g/mol. The summed E-state index contributed by atoms with van der Waals surface area (Å²) in [6, 6.07) is 6.09. The number of thiophene rings is 1. The van der Waals surface area contributed by atoms with Gasteiger partial charge in [0.2, 0.25) is 0 Å². The second-order valence-electron chi connectivity index (χ2n) is 6.19. The van der Waals surface area contributed by atoms with Gasteiger partial charge in [-0.3, -0.25) is 14.6 Å². The van der Waals surface area contributed by atoms with Crippen LogP contribution in [0.15, 0.2) is 36.0 Å². The average molecular weight is 341 g/mol. The maximum Gasteiger partial charge on any atom is 0.274 e. The normalized spacial score (nSPS) is 18.0. The molecule has 3 aromatic heterocycles. The average Bonchev–Trinajstić information content (AvgIpc) is 3.34. The molecular formula is C17H19N5OS. The van der Waals surface area contributed by atoms with E-state index in [9.17, 15) is 4.79 Å². The minimum Gasteiger partial charge on any atom is -0.335 e. The van der Waals surface area contributed by atoms with Crippen LogP contribution in [0.2, 0.25) is 0 Å². The molecule has 0 unspecified atom stereocenters. The van der Waals surface area contributed by atoms with Crippen LogP contribution in [-0.2, 0) is 0 Å². The molecule has 1 saturated heterocycles. The molecule has 0 aromatic carbocycles. The van der Waals surface area contributed by atoms with Gasteiger partial charge < -0.3 is 4.90 Å². The molecule has 1 amide bonds. The Morgan fingerprint density at radius 1 is 1.46 bits per heavy atom. The van der Waals surface area contributed by atoms with Gasteiger partial charge in [-0.15, -0.1) is 11.3 Å². The van der Waals surface area contributed by atoms with Gasteiger partial charge in [0.1, 0.15) is 0 Å². The molecule has 1 fully saturated rings. The van der Waals surface area contributed by atoms with Crippen LogP contribution in [0.25, 0.3) is 10.6 Å². The highest BCUT2D eigenvalue weighted by Gasteiger charge is 2.27. The summed E-state index contributed by atoms with van der Waals surface area (Å²) in [5, 5.41) is 13.6. The Hall–Kier alpha value is -2.41. The summed E-state index contributed by atoms with van der Waals surface area (Å²) in [5.41, 5.74) is 2.52. The summed E-state index contributed by atoms with van der Waals surface area (Å²) in [7, 11) is 0. The number of carbonyl (C=O) groups is 1. The lowest BCUT2D eigenvalue weighted by Crippen LogP contribution is -2.41. The van der Waals surface area contributed by atoms with Gasteiger partial charge in [0, 0.05) is 19.3 Å². The Bertz CT molecular complexity index is 835. The molecule has 4 heterocycles. The molecule has 4 rings (SSSR count). The van der Waals surface area contributed by atoms with Crippen molar-refractivity contribution in [3.8, 4) is 10.6 Å². The molecule has 0 bridgehead atoms. The van der Waals surface area contributed by atoms with Gasteiger partial charge in [-0.2, -0.15) is 10.2 Å². The SMILES string of the molecule is Cc1cnn([C@H]2CCCN(C(=O)c3cc(-c4cccs4)[nH]n3)C2)c1. The lowest BCUT2D eigenvalue weighted by Gasteiger charge is -2.32. The van der Waals surface area contributed by atoms with Gasteiger partial charge in [-0.05, 0) is 42.8 Å². The van der Waals surface area contributed by atoms with Crippen molar-refractivity contribution in [2.75, 3.05) is 13.1 Å². The van der Waals surface area contributed by atoms with Crippen molar-refractivity contribution >= 4 is 17.2 Å². The third-order valence-electron chi connectivity index (χ3n) is 4.37. The second-order valence-corrected chi connectivity index (χ2v) is 7.14. The molecule has 0 saturated carbocycles. The molecule has 1 aliphatic heterocycles. The first-order valence-corrected chi connectivity index (χ1v) is 8.98. The van der Waals surface area contributed by atoms with Crippen molar-refractivity contribution < 1.29 is 4.79 Å². The Balaban J connectivity index is 1.50. The summed E-state index contributed by atoms with van der Waals surface area (Å²) in [6.07, 6.45) is 5.94. The van der Waals surface area contributed by atoms with Crippen molar-refractivity contribution in [1.29, 1.82) is 0 Å². The quantitative estimate of drug-likeness (QED) is 0.796. The van der Waals surface area contributed by atoms with E-state index < -0.39 is 0 Å². The van der Waals surface area contributed by atoms with E-state index in [1.165, 1.54) is 0 Å². The van der Waals surface area contributed by atoms with E-state index in [2.05, 4.69) is 15.3 Å². The lowest BCUT2D eigenvalue weighted by atomic mass is 10.1. The number of H-pyrrole nitrogens is 1. The fourth-order valence-electron chi connectivity index (χ4n) is 3.14. The molecule has 1 aliphatic rings. The second kappa shape index (κ2) is 6.24. The number of amides is 1. The van der Waals surface area contributed by atoms with Gasteiger partial charge in [-0.25, -0.2) is 0 Å². The van der Waals surface area contributed by atoms with Crippen molar-refractivity contribution in [3.63, 3.8) is 0 Å². The van der Waals surface area contributed by atoms with Gasteiger partial charge >= 0.3 is 0 Å². The van der Waals surface area contributed by atoms with Crippen LogP contribution in [0, 0.1) is 6.92 Å². The largest absolute Gasteiger partial charge is 0.335 e. The van der Waals surface area contributed by atoms with Crippen molar-refractivity contribution in [3.05, 3.63) is 47.2 Å². The Morgan fingerprint density at radius 2 is 2.38 bits per heavy atom. The van der Waals surface area contributed by atoms with Crippen LogP contribution in [0.5, 0.6) is 0 Å². The van der Waals surface area contributed by atoms with E-state index >= 15 is 0 Å². The van der Waals surface area contributed by atoms with Gasteiger partial charge in [0.15, 0.2) is 5.69 Å². The number of rotatable bonds is 3. The summed E-state index contributed by atoms with van der Waals surface area (Å²) in [6.45, 7) is 3.49. The monoisotopic (exact) mass is 341 g/mol. The van der Waals surface area contributed by atoms with E-state index in [4.69, 9.17) is 0 Å². The highest BCUT2D eigenvalue weighted by atomic mass is 32.1. The molecule has 0 spiro atoms. The fourth-order valence-corrected chi connectivity index (χ4v) is 3.83. The number of piperidine rings is 1. The fraction of sp³-hybridized carbons (Fsp3) is 0.353. The Morgan fingerprint density at radius 3 is 3.12 bits per heavy atom. The Kier molecular flexibility index (Phi) is 3.93. The third kappa shape index (κ3) is 2.87. The highest BCUT2D eigenvalue weighted by molar-refractivity contribution is 7.13.